The van der Waals surface area contributed by atoms with Gasteiger partial charge in [0.05, 0.1) is 12.7 Å². The van der Waals surface area contributed by atoms with E-state index >= 15 is 0 Å². The quantitative estimate of drug-likeness (QED) is 0.875. The Balaban J connectivity index is 2.11. The predicted molar refractivity (Wildman–Crippen MR) is 87.5 cm³/mol. The van der Waals surface area contributed by atoms with E-state index in [0.29, 0.717) is 22.9 Å². The molecule has 0 heterocycles. The maximum Gasteiger partial charge on any atom is 0.118 e. The molecule has 0 aliphatic heterocycles. The summed E-state index contributed by atoms with van der Waals surface area (Å²) in [5.41, 5.74) is 0.991. The number of benzene rings is 2. The second kappa shape index (κ2) is 6.69. The summed E-state index contributed by atoms with van der Waals surface area (Å²) in [6, 6.07) is 13.0. The van der Waals surface area contributed by atoms with Gasteiger partial charge >= 0.3 is 0 Å². The summed E-state index contributed by atoms with van der Waals surface area (Å²) in [7, 11) is 1.63. The van der Waals surface area contributed by atoms with Crippen LogP contribution in [0.15, 0.2) is 42.5 Å². The number of methoxy groups -OCH3 is 1. The molecular formula is C17H18Cl2O2. The second-order valence-electron chi connectivity index (χ2n) is 5.43. The largest absolute Gasteiger partial charge is 0.497 e. The zero-order valence-electron chi connectivity index (χ0n) is 12.1. The molecule has 2 rings (SSSR count). The highest BCUT2D eigenvalue weighted by Gasteiger charge is 2.23. The van der Waals surface area contributed by atoms with Gasteiger partial charge in [-0.15, -0.1) is 0 Å². The average molecular weight is 325 g/mol. The van der Waals surface area contributed by atoms with Crippen LogP contribution in [0.4, 0.5) is 0 Å². The van der Waals surface area contributed by atoms with Crippen LogP contribution >= 0.6 is 23.2 Å². The van der Waals surface area contributed by atoms with Crippen LogP contribution in [-0.4, -0.2) is 17.8 Å². The third-order valence-electron chi connectivity index (χ3n) is 3.32. The third-order valence-corrected chi connectivity index (χ3v) is 3.93. The van der Waals surface area contributed by atoms with Crippen molar-refractivity contribution in [1.29, 1.82) is 0 Å². The molecule has 0 bridgehead atoms. The molecule has 0 spiro atoms. The van der Waals surface area contributed by atoms with E-state index in [4.69, 9.17) is 27.9 Å². The minimum Gasteiger partial charge on any atom is -0.497 e. The molecule has 21 heavy (non-hydrogen) atoms. The summed E-state index contributed by atoms with van der Waals surface area (Å²) >= 11 is 12.1. The van der Waals surface area contributed by atoms with Gasteiger partial charge in [0, 0.05) is 22.9 Å². The van der Waals surface area contributed by atoms with Gasteiger partial charge in [0.2, 0.25) is 0 Å². The molecular weight excluding hydrogens is 307 g/mol. The van der Waals surface area contributed by atoms with Crippen LogP contribution in [0.5, 0.6) is 5.75 Å². The zero-order valence-corrected chi connectivity index (χ0v) is 13.6. The van der Waals surface area contributed by atoms with Crippen LogP contribution in [0.2, 0.25) is 10.0 Å². The van der Waals surface area contributed by atoms with Crippen molar-refractivity contribution in [2.45, 2.75) is 25.4 Å². The second-order valence-corrected chi connectivity index (χ2v) is 6.28. The molecule has 1 N–H and O–H groups in total. The lowest BCUT2D eigenvalue weighted by Crippen LogP contribution is -2.30. The van der Waals surface area contributed by atoms with Crippen molar-refractivity contribution in [3.05, 3.63) is 63.6 Å². The number of halogens is 2. The van der Waals surface area contributed by atoms with Crippen molar-refractivity contribution < 1.29 is 9.84 Å². The molecule has 2 nitrogen and oxygen atoms in total. The maximum atomic E-state index is 10.6. The molecule has 0 aromatic heterocycles. The lowest BCUT2D eigenvalue weighted by Gasteiger charge is -2.24. The van der Waals surface area contributed by atoms with Gasteiger partial charge in [-0.05, 0) is 48.4 Å². The van der Waals surface area contributed by atoms with Gasteiger partial charge in [0.25, 0.3) is 0 Å². The van der Waals surface area contributed by atoms with Crippen LogP contribution in [0.25, 0.3) is 0 Å². The fraction of sp³-hybridized carbons (Fsp3) is 0.294. The van der Waals surface area contributed by atoms with Gasteiger partial charge in [0.15, 0.2) is 0 Å². The number of hydrogen-bond acceptors (Lipinski definition) is 2. The van der Waals surface area contributed by atoms with Gasteiger partial charge in [-0.2, -0.15) is 0 Å². The lowest BCUT2D eigenvalue weighted by atomic mass is 9.90. The van der Waals surface area contributed by atoms with E-state index in [9.17, 15) is 5.11 Å². The van der Waals surface area contributed by atoms with Crippen molar-refractivity contribution >= 4 is 23.2 Å². The first-order valence-corrected chi connectivity index (χ1v) is 7.44. The SMILES string of the molecule is COc1ccc(CC(C)(O)Cc2cc(Cl)ccc2Cl)cc1. The first kappa shape index (κ1) is 16.2. The van der Waals surface area contributed by atoms with Gasteiger partial charge in [-0.25, -0.2) is 0 Å². The molecule has 0 amide bonds. The molecule has 0 fully saturated rings. The molecule has 0 radical (unpaired) electrons. The Bertz CT molecular complexity index is 607. The van der Waals surface area contributed by atoms with Crippen molar-refractivity contribution in [2.24, 2.45) is 0 Å². The van der Waals surface area contributed by atoms with E-state index < -0.39 is 5.60 Å². The first-order chi connectivity index (χ1) is 9.89. The summed E-state index contributed by atoms with van der Waals surface area (Å²) in [5.74, 6) is 0.802. The first-order valence-electron chi connectivity index (χ1n) is 6.69. The van der Waals surface area contributed by atoms with Crippen molar-refractivity contribution in [2.75, 3.05) is 7.11 Å². The Morgan fingerprint density at radius 3 is 2.33 bits per heavy atom. The Hall–Kier alpha value is -1.22. The molecule has 2 aromatic rings. The van der Waals surface area contributed by atoms with E-state index in [1.54, 1.807) is 32.2 Å². The van der Waals surface area contributed by atoms with Gasteiger partial charge in [0.1, 0.15) is 5.75 Å². The van der Waals surface area contributed by atoms with E-state index in [2.05, 4.69) is 0 Å². The fourth-order valence-corrected chi connectivity index (χ4v) is 2.71. The fourth-order valence-electron chi connectivity index (χ4n) is 2.33. The maximum absolute atomic E-state index is 10.6. The third kappa shape index (κ3) is 4.63. The summed E-state index contributed by atoms with van der Waals surface area (Å²) < 4.78 is 5.13. The van der Waals surface area contributed by atoms with Crippen LogP contribution in [0.1, 0.15) is 18.1 Å². The number of hydrogen-bond donors (Lipinski definition) is 1. The molecule has 0 aliphatic carbocycles. The minimum atomic E-state index is -0.900. The highest BCUT2D eigenvalue weighted by molar-refractivity contribution is 6.33. The molecule has 2 aromatic carbocycles. The lowest BCUT2D eigenvalue weighted by molar-refractivity contribution is 0.0608. The van der Waals surface area contributed by atoms with Gasteiger partial charge in [-0.1, -0.05) is 35.3 Å². The highest BCUT2D eigenvalue weighted by Crippen LogP contribution is 2.27. The molecule has 0 aliphatic rings. The minimum absolute atomic E-state index is 0.443. The monoisotopic (exact) mass is 324 g/mol. The molecule has 4 heteroatoms. The Morgan fingerprint density at radius 1 is 1.05 bits per heavy atom. The summed E-state index contributed by atoms with van der Waals surface area (Å²) in [6.07, 6.45) is 0.970. The Morgan fingerprint density at radius 2 is 1.71 bits per heavy atom. The molecule has 1 atom stereocenters. The van der Waals surface area contributed by atoms with Gasteiger partial charge in [-0.3, -0.25) is 0 Å². The molecule has 0 saturated heterocycles. The van der Waals surface area contributed by atoms with Crippen molar-refractivity contribution in [3.8, 4) is 5.75 Å². The van der Waals surface area contributed by atoms with Crippen LogP contribution < -0.4 is 4.74 Å². The number of rotatable bonds is 5. The molecule has 0 saturated carbocycles. The summed E-state index contributed by atoms with van der Waals surface area (Å²) in [4.78, 5) is 0. The van der Waals surface area contributed by atoms with Crippen molar-refractivity contribution in [1.82, 2.24) is 0 Å². The number of aliphatic hydroxyl groups is 1. The highest BCUT2D eigenvalue weighted by atomic mass is 35.5. The predicted octanol–water partition coefficient (Wildman–Crippen LogP) is 4.54. The average Bonchev–Trinajstić information content (AvgIpc) is 2.43. The van der Waals surface area contributed by atoms with Crippen LogP contribution in [0.3, 0.4) is 0 Å². The van der Waals surface area contributed by atoms with E-state index in [1.165, 1.54) is 0 Å². The molecule has 1 unspecified atom stereocenters. The normalized spacial score (nSPS) is 13.8. The van der Waals surface area contributed by atoms with E-state index in [1.807, 2.05) is 24.3 Å². The standard InChI is InChI=1S/C17H18Cl2O2/c1-17(20,10-12-3-6-15(21-2)7-4-12)11-13-9-14(18)5-8-16(13)19/h3-9,20H,10-11H2,1-2H3. The Kier molecular flexibility index (Phi) is 5.15. The molecule has 112 valence electrons. The summed E-state index contributed by atoms with van der Waals surface area (Å²) in [6.45, 7) is 1.80. The smallest absolute Gasteiger partial charge is 0.118 e. The zero-order chi connectivity index (χ0) is 15.5. The van der Waals surface area contributed by atoms with E-state index in [-0.39, 0.29) is 0 Å². The van der Waals surface area contributed by atoms with Gasteiger partial charge < -0.3 is 9.84 Å². The number of ether oxygens (including phenoxy) is 1. The Labute approximate surface area is 135 Å². The topological polar surface area (TPSA) is 29.5 Å². The van der Waals surface area contributed by atoms with E-state index in [0.717, 1.165) is 16.9 Å². The summed E-state index contributed by atoms with van der Waals surface area (Å²) in [5, 5.41) is 11.9. The van der Waals surface area contributed by atoms with Crippen molar-refractivity contribution in [3.63, 3.8) is 0 Å². The van der Waals surface area contributed by atoms with Crippen LogP contribution in [-0.2, 0) is 12.8 Å². The van der Waals surface area contributed by atoms with Crippen LogP contribution in [0, 0.1) is 0 Å².